The molecule has 0 spiro atoms. The van der Waals surface area contributed by atoms with Gasteiger partial charge in [-0.3, -0.25) is 4.79 Å². The third-order valence-corrected chi connectivity index (χ3v) is 4.76. The average Bonchev–Trinajstić information content (AvgIpc) is 2.47. The normalized spacial score (nSPS) is 17.4. The van der Waals surface area contributed by atoms with E-state index in [1.165, 1.54) is 11.6 Å². The lowest BCUT2D eigenvalue weighted by Gasteiger charge is -2.41. The van der Waals surface area contributed by atoms with E-state index in [1.54, 1.807) is 12.1 Å². The molecule has 1 aliphatic heterocycles. The highest BCUT2D eigenvalue weighted by Gasteiger charge is 2.32. The lowest BCUT2D eigenvalue weighted by atomic mass is 9.94. The first-order valence-electron chi connectivity index (χ1n) is 6.95. The summed E-state index contributed by atoms with van der Waals surface area (Å²) in [5, 5.41) is 0. The van der Waals surface area contributed by atoms with Crippen molar-refractivity contribution >= 4 is 28.5 Å². The number of halogens is 2. The Labute approximate surface area is 137 Å². The van der Waals surface area contributed by atoms with Gasteiger partial charge >= 0.3 is 0 Å². The standard InChI is InChI=1S/C17H15FINO/c18-15-11-13(6-7-16(15)19)17(21)20-9-8-14(20)10-12-4-2-1-3-5-12/h1-7,11,14H,8-10H2/t14-/m0/s1. The van der Waals surface area contributed by atoms with Gasteiger partial charge in [0.25, 0.3) is 5.91 Å². The fourth-order valence-electron chi connectivity index (χ4n) is 2.60. The number of amides is 1. The van der Waals surface area contributed by atoms with Crippen molar-refractivity contribution in [1.29, 1.82) is 0 Å². The van der Waals surface area contributed by atoms with E-state index in [2.05, 4.69) is 12.1 Å². The summed E-state index contributed by atoms with van der Waals surface area (Å²) in [4.78, 5) is 14.3. The fourth-order valence-corrected chi connectivity index (χ4v) is 2.94. The van der Waals surface area contributed by atoms with Gasteiger partial charge in [0.1, 0.15) is 5.82 Å². The Morgan fingerprint density at radius 3 is 2.62 bits per heavy atom. The number of hydrogen-bond acceptors (Lipinski definition) is 1. The highest BCUT2D eigenvalue weighted by Crippen LogP contribution is 2.24. The zero-order chi connectivity index (χ0) is 14.8. The molecule has 108 valence electrons. The Hall–Kier alpha value is -1.43. The number of rotatable bonds is 3. The van der Waals surface area contributed by atoms with Gasteiger partial charge in [0.15, 0.2) is 0 Å². The lowest BCUT2D eigenvalue weighted by molar-refractivity contribution is 0.0464. The van der Waals surface area contributed by atoms with E-state index in [-0.39, 0.29) is 17.8 Å². The van der Waals surface area contributed by atoms with Gasteiger partial charge in [-0.15, -0.1) is 0 Å². The van der Waals surface area contributed by atoms with E-state index in [0.29, 0.717) is 9.13 Å². The molecule has 2 aromatic rings. The van der Waals surface area contributed by atoms with E-state index in [0.717, 1.165) is 19.4 Å². The van der Waals surface area contributed by atoms with E-state index in [9.17, 15) is 9.18 Å². The van der Waals surface area contributed by atoms with Crippen LogP contribution in [0, 0.1) is 9.39 Å². The summed E-state index contributed by atoms with van der Waals surface area (Å²) in [6.07, 6.45) is 1.87. The molecule has 1 amide bonds. The number of benzene rings is 2. The second kappa shape index (κ2) is 6.13. The molecule has 3 rings (SSSR count). The van der Waals surface area contributed by atoms with Crippen molar-refractivity contribution in [2.45, 2.75) is 18.9 Å². The van der Waals surface area contributed by atoms with E-state index in [4.69, 9.17) is 0 Å². The third-order valence-electron chi connectivity index (χ3n) is 3.89. The molecule has 2 nitrogen and oxygen atoms in total. The van der Waals surface area contributed by atoms with Gasteiger partial charge in [-0.1, -0.05) is 30.3 Å². The zero-order valence-electron chi connectivity index (χ0n) is 11.4. The molecule has 1 aliphatic rings. The SMILES string of the molecule is O=C(c1ccc(I)c(F)c1)N1CC[C@H]1Cc1ccccc1. The number of carbonyl (C=O) groups excluding carboxylic acids is 1. The van der Waals surface area contributed by atoms with E-state index in [1.807, 2.05) is 45.7 Å². The largest absolute Gasteiger partial charge is 0.335 e. The molecule has 1 saturated heterocycles. The van der Waals surface area contributed by atoms with E-state index < -0.39 is 0 Å². The lowest BCUT2D eigenvalue weighted by Crippen LogP contribution is -2.52. The molecule has 0 aromatic heterocycles. The van der Waals surface area contributed by atoms with Gasteiger partial charge < -0.3 is 4.90 Å². The van der Waals surface area contributed by atoms with Crippen LogP contribution in [0.2, 0.25) is 0 Å². The van der Waals surface area contributed by atoms with Crippen molar-refractivity contribution in [3.63, 3.8) is 0 Å². The molecule has 4 heteroatoms. The molecular formula is C17H15FINO. The smallest absolute Gasteiger partial charge is 0.254 e. The van der Waals surface area contributed by atoms with Crippen LogP contribution in [0.15, 0.2) is 48.5 Å². The zero-order valence-corrected chi connectivity index (χ0v) is 13.6. The third kappa shape index (κ3) is 3.10. The molecule has 0 N–H and O–H groups in total. The predicted molar refractivity (Wildman–Crippen MR) is 88.7 cm³/mol. The van der Waals surface area contributed by atoms with E-state index >= 15 is 0 Å². The van der Waals surface area contributed by atoms with Crippen molar-refractivity contribution in [2.24, 2.45) is 0 Å². The van der Waals surface area contributed by atoms with Crippen LogP contribution in [0.25, 0.3) is 0 Å². The summed E-state index contributed by atoms with van der Waals surface area (Å²) >= 11 is 1.92. The van der Waals surface area contributed by atoms with Crippen LogP contribution in [0.3, 0.4) is 0 Å². The van der Waals surface area contributed by atoms with Crippen molar-refractivity contribution in [3.05, 3.63) is 69.0 Å². The van der Waals surface area contributed by atoms with Gasteiger partial charge in [-0.25, -0.2) is 4.39 Å². The first-order chi connectivity index (χ1) is 10.1. The summed E-state index contributed by atoms with van der Waals surface area (Å²) in [6.45, 7) is 0.754. The van der Waals surface area contributed by atoms with Gasteiger partial charge in [-0.2, -0.15) is 0 Å². The molecule has 2 aromatic carbocycles. The van der Waals surface area contributed by atoms with Crippen LogP contribution in [-0.2, 0) is 6.42 Å². The molecule has 0 radical (unpaired) electrons. The quantitative estimate of drug-likeness (QED) is 0.723. The predicted octanol–water partition coefficient (Wildman–Crippen LogP) is 3.89. The van der Waals surface area contributed by atoms with Crippen LogP contribution < -0.4 is 0 Å². The first kappa shape index (κ1) is 14.5. The number of likely N-dealkylation sites (tertiary alicyclic amines) is 1. The number of hydrogen-bond donors (Lipinski definition) is 0. The van der Waals surface area contributed by atoms with Gasteiger partial charge in [0.05, 0.1) is 0 Å². The van der Waals surface area contributed by atoms with Gasteiger partial charge in [0, 0.05) is 21.7 Å². The monoisotopic (exact) mass is 395 g/mol. The number of nitrogens with zero attached hydrogens (tertiary/aromatic N) is 1. The molecule has 1 atom stereocenters. The topological polar surface area (TPSA) is 20.3 Å². The first-order valence-corrected chi connectivity index (χ1v) is 8.03. The van der Waals surface area contributed by atoms with Crippen LogP contribution in [0.4, 0.5) is 4.39 Å². The van der Waals surface area contributed by atoms with Crippen LogP contribution in [-0.4, -0.2) is 23.4 Å². The Balaban J connectivity index is 1.71. The summed E-state index contributed by atoms with van der Waals surface area (Å²) in [7, 11) is 0. The molecule has 0 unspecified atom stereocenters. The molecule has 0 aliphatic carbocycles. The molecule has 1 fully saturated rings. The molecular weight excluding hydrogens is 380 g/mol. The highest BCUT2D eigenvalue weighted by molar-refractivity contribution is 14.1. The maximum atomic E-state index is 13.6. The van der Waals surface area contributed by atoms with Crippen LogP contribution >= 0.6 is 22.6 Å². The minimum Gasteiger partial charge on any atom is -0.335 e. The molecule has 1 heterocycles. The minimum absolute atomic E-state index is 0.0718. The molecule has 0 saturated carbocycles. The van der Waals surface area contributed by atoms with Gasteiger partial charge in [-0.05, 0) is 59.2 Å². The summed E-state index contributed by atoms with van der Waals surface area (Å²) in [5.74, 6) is -0.404. The maximum Gasteiger partial charge on any atom is 0.254 e. The fraction of sp³-hybridized carbons (Fsp3) is 0.235. The summed E-state index contributed by atoms with van der Waals surface area (Å²) in [6, 6.07) is 15.1. The van der Waals surface area contributed by atoms with Crippen molar-refractivity contribution in [3.8, 4) is 0 Å². The Morgan fingerprint density at radius 2 is 2.00 bits per heavy atom. The summed E-state index contributed by atoms with van der Waals surface area (Å²) in [5.41, 5.74) is 1.67. The Morgan fingerprint density at radius 1 is 1.24 bits per heavy atom. The highest BCUT2D eigenvalue weighted by atomic mass is 127. The molecule has 0 bridgehead atoms. The van der Waals surface area contributed by atoms with Crippen LogP contribution in [0.5, 0.6) is 0 Å². The van der Waals surface area contributed by atoms with Crippen LogP contribution in [0.1, 0.15) is 22.3 Å². The second-order valence-corrected chi connectivity index (χ2v) is 6.42. The Kier molecular flexibility index (Phi) is 4.24. The van der Waals surface area contributed by atoms with Crippen molar-refractivity contribution in [1.82, 2.24) is 4.90 Å². The average molecular weight is 395 g/mol. The maximum absolute atomic E-state index is 13.6. The summed E-state index contributed by atoms with van der Waals surface area (Å²) < 4.78 is 14.1. The van der Waals surface area contributed by atoms with Crippen molar-refractivity contribution in [2.75, 3.05) is 6.54 Å². The molecule has 21 heavy (non-hydrogen) atoms. The number of carbonyl (C=O) groups is 1. The second-order valence-electron chi connectivity index (χ2n) is 5.26. The Bertz CT molecular complexity index is 659. The minimum atomic E-state index is -0.332. The van der Waals surface area contributed by atoms with Gasteiger partial charge in [0.2, 0.25) is 0 Å². The van der Waals surface area contributed by atoms with Crippen molar-refractivity contribution < 1.29 is 9.18 Å².